The van der Waals surface area contributed by atoms with Gasteiger partial charge < -0.3 is 14.8 Å². The van der Waals surface area contributed by atoms with Gasteiger partial charge in [-0.3, -0.25) is 18.7 Å². The quantitative estimate of drug-likeness (QED) is 0.553. The molecule has 32 heavy (non-hydrogen) atoms. The first-order valence-electron chi connectivity index (χ1n) is 10.6. The van der Waals surface area contributed by atoms with Crippen molar-refractivity contribution in [3.63, 3.8) is 0 Å². The number of hydrogen-bond donors (Lipinski definition) is 1. The van der Waals surface area contributed by atoms with Crippen molar-refractivity contribution in [1.29, 1.82) is 0 Å². The van der Waals surface area contributed by atoms with Gasteiger partial charge in [-0.25, -0.2) is 4.79 Å². The smallest absolute Gasteiger partial charge is 0.332 e. The van der Waals surface area contributed by atoms with Crippen molar-refractivity contribution >= 4 is 16.8 Å². The minimum atomic E-state index is -0.474. The summed E-state index contributed by atoms with van der Waals surface area (Å²) in [7, 11) is 3.15. The topological polar surface area (TPSA) is 91.6 Å². The highest BCUT2D eigenvalue weighted by molar-refractivity contribution is 5.81. The third kappa shape index (κ3) is 4.69. The number of fused-ring (bicyclic) bond motifs is 1. The van der Waals surface area contributed by atoms with Crippen LogP contribution in [-0.4, -0.2) is 35.8 Å². The highest BCUT2D eigenvalue weighted by atomic mass is 16.5. The number of carbonyl (C=O) groups excluding carboxylic acids is 1. The number of aromatic nitrogens is 2. The van der Waals surface area contributed by atoms with E-state index < -0.39 is 5.69 Å². The summed E-state index contributed by atoms with van der Waals surface area (Å²) in [6.45, 7) is 3.97. The third-order valence-corrected chi connectivity index (χ3v) is 5.60. The van der Waals surface area contributed by atoms with E-state index in [-0.39, 0.29) is 24.1 Å². The van der Waals surface area contributed by atoms with Gasteiger partial charge in [0.2, 0.25) is 5.91 Å². The monoisotopic (exact) mass is 439 g/mol. The predicted octanol–water partition coefficient (Wildman–Crippen LogP) is 2.51. The Hall–Kier alpha value is -3.55. The summed E-state index contributed by atoms with van der Waals surface area (Å²) in [6, 6.07) is 12.2. The van der Waals surface area contributed by atoms with Crippen LogP contribution >= 0.6 is 0 Å². The lowest BCUT2D eigenvalue weighted by Gasteiger charge is -2.17. The molecule has 0 radical (unpaired) electrons. The van der Waals surface area contributed by atoms with Gasteiger partial charge in [0.05, 0.1) is 25.1 Å². The van der Waals surface area contributed by atoms with Crippen LogP contribution in [0.1, 0.15) is 31.9 Å². The van der Waals surface area contributed by atoms with E-state index in [1.807, 2.05) is 32.0 Å². The van der Waals surface area contributed by atoms with Gasteiger partial charge in [-0.2, -0.15) is 0 Å². The van der Waals surface area contributed by atoms with Crippen LogP contribution in [0.4, 0.5) is 0 Å². The minimum absolute atomic E-state index is 0.165. The second-order valence-corrected chi connectivity index (χ2v) is 7.61. The largest absolute Gasteiger partial charge is 0.493 e. The maximum absolute atomic E-state index is 13.1. The molecule has 0 fully saturated rings. The van der Waals surface area contributed by atoms with E-state index in [4.69, 9.17) is 9.47 Å². The van der Waals surface area contributed by atoms with E-state index in [1.165, 1.54) is 9.13 Å². The second-order valence-electron chi connectivity index (χ2n) is 7.61. The molecular formula is C24H29N3O5. The van der Waals surface area contributed by atoms with E-state index in [0.29, 0.717) is 41.8 Å². The lowest BCUT2D eigenvalue weighted by atomic mass is 10.1. The molecule has 1 atom stereocenters. The van der Waals surface area contributed by atoms with Crippen LogP contribution in [-0.2, 0) is 17.8 Å². The fourth-order valence-electron chi connectivity index (χ4n) is 3.65. The molecule has 1 unspecified atom stereocenters. The SMILES string of the molecule is CCC(C)n1c(=O)c2ccccc2n(CC(=O)NCCc2ccc(OC)c(OC)c2)c1=O. The molecule has 0 saturated heterocycles. The van der Waals surface area contributed by atoms with E-state index in [1.54, 1.807) is 38.5 Å². The van der Waals surface area contributed by atoms with Crippen LogP contribution in [0.2, 0.25) is 0 Å². The van der Waals surface area contributed by atoms with E-state index in [9.17, 15) is 14.4 Å². The molecule has 1 heterocycles. The Morgan fingerprint density at radius 3 is 2.47 bits per heavy atom. The van der Waals surface area contributed by atoms with Crippen molar-refractivity contribution < 1.29 is 14.3 Å². The van der Waals surface area contributed by atoms with Gasteiger partial charge in [-0.15, -0.1) is 0 Å². The van der Waals surface area contributed by atoms with E-state index in [2.05, 4.69) is 5.32 Å². The average Bonchev–Trinajstić information content (AvgIpc) is 2.81. The second kappa shape index (κ2) is 10.2. The van der Waals surface area contributed by atoms with Crippen LogP contribution < -0.4 is 26.0 Å². The molecule has 170 valence electrons. The standard InChI is InChI=1S/C24H29N3O5/c1-5-16(2)27-23(29)18-8-6-7-9-19(18)26(24(27)30)15-22(28)25-13-12-17-10-11-20(31-3)21(14-17)32-4/h6-11,14,16H,5,12-13,15H2,1-4H3,(H,25,28). The highest BCUT2D eigenvalue weighted by Gasteiger charge is 2.17. The van der Waals surface area contributed by atoms with E-state index in [0.717, 1.165) is 5.56 Å². The number of rotatable bonds is 9. The summed E-state index contributed by atoms with van der Waals surface area (Å²) < 4.78 is 13.2. The first-order chi connectivity index (χ1) is 15.4. The molecule has 3 rings (SSSR count). The van der Waals surface area contributed by atoms with Crippen LogP contribution in [0.3, 0.4) is 0 Å². The van der Waals surface area contributed by atoms with Gasteiger partial charge in [0.1, 0.15) is 6.54 Å². The molecule has 1 amide bonds. The number of nitrogens with one attached hydrogen (secondary N) is 1. The van der Waals surface area contributed by atoms with Gasteiger partial charge in [0.25, 0.3) is 5.56 Å². The number of nitrogens with zero attached hydrogens (tertiary/aromatic N) is 2. The summed E-state index contributed by atoms with van der Waals surface area (Å²) in [4.78, 5) is 38.6. The Balaban J connectivity index is 1.79. The normalized spacial score (nSPS) is 11.9. The molecule has 8 heteroatoms. The molecule has 0 aliphatic rings. The Bertz CT molecular complexity index is 1230. The molecule has 0 saturated carbocycles. The van der Waals surface area contributed by atoms with Crippen LogP contribution in [0.15, 0.2) is 52.1 Å². The summed E-state index contributed by atoms with van der Waals surface area (Å²) in [5.74, 6) is 0.969. The number of carbonyl (C=O) groups is 1. The Labute approximate surface area is 186 Å². The van der Waals surface area contributed by atoms with Crippen LogP contribution in [0, 0.1) is 0 Å². The van der Waals surface area contributed by atoms with Crippen LogP contribution in [0.25, 0.3) is 10.9 Å². The molecule has 1 aromatic heterocycles. The van der Waals surface area contributed by atoms with Crippen molar-refractivity contribution in [2.45, 2.75) is 39.3 Å². The zero-order valence-corrected chi connectivity index (χ0v) is 18.9. The number of para-hydroxylation sites is 1. The van der Waals surface area contributed by atoms with E-state index >= 15 is 0 Å². The lowest BCUT2D eigenvalue weighted by molar-refractivity contribution is -0.121. The maximum Gasteiger partial charge on any atom is 0.332 e. The summed E-state index contributed by atoms with van der Waals surface area (Å²) in [6.07, 6.45) is 1.22. The van der Waals surface area contributed by atoms with Gasteiger partial charge in [-0.1, -0.05) is 25.1 Å². The van der Waals surface area contributed by atoms with Crippen molar-refractivity contribution in [3.05, 3.63) is 68.9 Å². The predicted molar refractivity (Wildman–Crippen MR) is 124 cm³/mol. The van der Waals surface area contributed by atoms with Crippen molar-refractivity contribution in [1.82, 2.24) is 14.5 Å². The van der Waals surface area contributed by atoms with Gasteiger partial charge in [0.15, 0.2) is 11.5 Å². The molecule has 3 aromatic rings. The molecule has 1 N–H and O–H groups in total. The fourth-order valence-corrected chi connectivity index (χ4v) is 3.65. The number of ether oxygens (including phenoxy) is 2. The average molecular weight is 440 g/mol. The minimum Gasteiger partial charge on any atom is -0.493 e. The summed E-state index contributed by atoms with van der Waals surface area (Å²) in [5.41, 5.74) is 0.635. The molecule has 0 spiro atoms. The fraction of sp³-hybridized carbons (Fsp3) is 0.375. The first kappa shape index (κ1) is 23.1. The highest BCUT2D eigenvalue weighted by Crippen LogP contribution is 2.27. The molecule has 0 aliphatic carbocycles. The Morgan fingerprint density at radius 1 is 1.06 bits per heavy atom. The molecule has 0 aliphatic heterocycles. The number of benzene rings is 2. The third-order valence-electron chi connectivity index (χ3n) is 5.60. The zero-order chi connectivity index (χ0) is 23.3. The molecule has 2 aromatic carbocycles. The van der Waals surface area contributed by atoms with Crippen molar-refractivity contribution in [2.75, 3.05) is 20.8 Å². The number of methoxy groups -OCH3 is 2. The van der Waals surface area contributed by atoms with Gasteiger partial charge in [0, 0.05) is 12.6 Å². The molecule has 0 bridgehead atoms. The Kier molecular flexibility index (Phi) is 7.35. The van der Waals surface area contributed by atoms with Gasteiger partial charge in [-0.05, 0) is 49.6 Å². The lowest BCUT2D eigenvalue weighted by Crippen LogP contribution is -2.44. The van der Waals surface area contributed by atoms with Crippen molar-refractivity contribution in [3.8, 4) is 11.5 Å². The molecular weight excluding hydrogens is 410 g/mol. The summed E-state index contributed by atoms with van der Waals surface area (Å²) in [5, 5.41) is 3.28. The Morgan fingerprint density at radius 2 is 1.78 bits per heavy atom. The van der Waals surface area contributed by atoms with Crippen LogP contribution in [0.5, 0.6) is 11.5 Å². The maximum atomic E-state index is 13.1. The number of hydrogen-bond acceptors (Lipinski definition) is 5. The zero-order valence-electron chi connectivity index (χ0n) is 18.9. The number of amides is 1. The summed E-state index contributed by atoms with van der Waals surface area (Å²) >= 11 is 0. The molecule has 8 nitrogen and oxygen atoms in total. The van der Waals surface area contributed by atoms with Gasteiger partial charge >= 0.3 is 5.69 Å². The first-order valence-corrected chi connectivity index (χ1v) is 10.6. The van der Waals surface area contributed by atoms with Crippen molar-refractivity contribution in [2.24, 2.45) is 0 Å².